The van der Waals surface area contributed by atoms with Crippen LogP contribution in [0, 0.1) is 0 Å². The van der Waals surface area contributed by atoms with Crippen LogP contribution in [-0.2, 0) is 10.0 Å². The predicted molar refractivity (Wildman–Crippen MR) is 87.1 cm³/mol. The molecule has 0 bridgehead atoms. The average molecular weight is 455 g/mol. The number of hydrogen-bond acceptors (Lipinski definition) is 2. The van der Waals surface area contributed by atoms with Crippen LogP contribution in [0.2, 0.25) is 0 Å². The quantitative estimate of drug-likeness (QED) is 0.324. The summed E-state index contributed by atoms with van der Waals surface area (Å²) >= 11 is 0. The van der Waals surface area contributed by atoms with E-state index in [-0.39, 0.29) is 6.42 Å². The molecule has 1 rings (SSSR count). The highest BCUT2D eigenvalue weighted by Gasteiger charge is 2.85. The van der Waals surface area contributed by atoms with Crippen molar-refractivity contribution in [1.29, 1.82) is 0 Å². The van der Waals surface area contributed by atoms with Crippen LogP contribution in [0.15, 0.2) is 48.6 Å². The Hall–Kier alpha value is -2.02. The van der Waals surface area contributed by atoms with E-state index in [1.807, 2.05) is 0 Å². The lowest BCUT2D eigenvalue weighted by Crippen LogP contribution is -2.64. The summed E-state index contributed by atoms with van der Waals surface area (Å²) in [6.07, 6.45) is -1.75. The van der Waals surface area contributed by atoms with Crippen LogP contribution in [0.3, 0.4) is 0 Å². The van der Waals surface area contributed by atoms with Gasteiger partial charge in [-0.05, 0) is 12.0 Å². The SMILES string of the molecule is O=S(=O)(NCC/C=C/C=C/c1ccccc1)C(F)(F)C(F)(F)C(F)(F)C(F)(F)F. The molecule has 1 aromatic carbocycles. The molecule has 0 aromatic heterocycles. The van der Waals surface area contributed by atoms with Crippen LogP contribution >= 0.6 is 0 Å². The van der Waals surface area contributed by atoms with Crippen LogP contribution in [0.5, 0.6) is 0 Å². The van der Waals surface area contributed by atoms with Crippen molar-refractivity contribution in [3.8, 4) is 0 Å². The van der Waals surface area contributed by atoms with Crippen molar-refractivity contribution in [1.82, 2.24) is 4.72 Å². The Morgan fingerprint density at radius 3 is 1.90 bits per heavy atom. The Balaban J connectivity index is 2.76. The van der Waals surface area contributed by atoms with Gasteiger partial charge < -0.3 is 0 Å². The van der Waals surface area contributed by atoms with Gasteiger partial charge in [0.2, 0.25) is 0 Å². The molecule has 1 aromatic rings. The molecule has 3 nitrogen and oxygen atoms in total. The van der Waals surface area contributed by atoms with E-state index >= 15 is 0 Å². The number of nitrogens with one attached hydrogen (secondary N) is 1. The van der Waals surface area contributed by atoms with Crippen LogP contribution < -0.4 is 4.72 Å². The average Bonchev–Trinajstić information content (AvgIpc) is 2.60. The molecule has 0 saturated heterocycles. The van der Waals surface area contributed by atoms with Gasteiger partial charge in [0.25, 0.3) is 10.0 Å². The number of allylic oxidation sites excluding steroid dienone is 2. The van der Waals surface area contributed by atoms with E-state index < -0.39 is 39.8 Å². The molecule has 0 saturated carbocycles. The number of hydrogen-bond donors (Lipinski definition) is 1. The van der Waals surface area contributed by atoms with E-state index in [1.54, 1.807) is 36.4 Å². The van der Waals surface area contributed by atoms with Gasteiger partial charge in [-0.1, -0.05) is 54.6 Å². The van der Waals surface area contributed by atoms with Crippen LogP contribution in [-0.4, -0.2) is 38.2 Å². The Bertz CT molecular complexity index is 832. The summed E-state index contributed by atoms with van der Waals surface area (Å²) < 4.78 is 138. The van der Waals surface area contributed by atoms with Crippen molar-refractivity contribution in [2.75, 3.05) is 6.54 Å². The van der Waals surface area contributed by atoms with E-state index in [9.17, 15) is 47.9 Å². The molecule has 1 N–H and O–H groups in total. The monoisotopic (exact) mass is 455 g/mol. The Morgan fingerprint density at radius 2 is 1.38 bits per heavy atom. The summed E-state index contributed by atoms with van der Waals surface area (Å²) in [5.41, 5.74) is 0.797. The first kappa shape index (κ1) is 25.0. The van der Waals surface area contributed by atoms with Gasteiger partial charge in [-0.2, -0.15) is 39.5 Å². The molecule has 29 heavy (non-hydrogen) atoms. The fourth-order valence-electron chi connectivity index (χ4n) is 1.80. The lowest BCUT2D eigenvalue weighted by atomic mass is 10.1. The zero-order chi connectivity index (χ0) is 22.6. The molecule has 0 radical (unpaired) electrons. The fourth-order valence-corrected chi connectivity index (χ4v) is 2.84. The van der Waals surface area contributed by atoms with E-state index in [0.29, 0.717) is 0 Å². The Morgan fingerprint density at radius 1 is 0.828 bits per heavy atom. The minimum Gasteiger partial charge on any atom is -0.209 e. The van der Waals surface area contributed by atoms with Crippen LogP contribution in [0.1, 0.15) is 12.0 Å². The number of benzene rings is 1. The van der Waals surface area contributed by atoms with Gasteiger partial charge in [0.15, 0.2) is 0 Å². The third kappa shape index (κ3) is 5.32. The molecule has 0 amide bonds. The summed E-state index contributed by atoms with van der Waals surface area (Å²) in [5.74, 6) is -14.5. The number of rotatable bonds is 9. The van der Waals surface area contributed by atoms with Crippen LogP contribution in [0.4, 0.5) is 39.5 Å². The maximum absolute atomic E-state index is 13.4. The van der Waals surface area contributed by atoms with Crippen molar-refractivity contribution in [2.45, 2.75) is 29.7 Å². The summed E-state index contributed by atoms with van der Waals surface area (Å²) in [7, 11) is -6.56. The maximum Gasteiger partial charge on any atom is 0.460 e. The molecule has 13 heteroatoms. The zero-order valence-corrected chi connectivity index (χ0v) is 15.1. The third-order valence-corrected chi connectivity index (χ3v) is 4.91. The van der Waals surface area contributed by atoms with Gasteiger partial charge in [-0.3, -0.25) is 0 Å². The lowest BCUT2D eigenvalue weighted by molar-refractivity contribution is -0.382. The summed E-state index contributed by atoms with van der Waals surface area (Å²) in [6, 6.07) is 8.75. The fraction of sp³-hybridized carbons (Fsp3) is 0.375. The van der Waals surface area contributed by atoms with E-state index in [1.165, 1.54) is 18.2 Å². The maximum atomic E-state index is 13.4. The Kier molecular flexibility index (Phi) is 7.57. The van der Waals surface area contributed by atoms with Gasteiger partial charge in [-0.15, -0.1) is 0 Å². The highest BCUT2D eigenvalue weighted by atomic mass is 32.2. The molecule has 0 unspecified atom stereocenters. The molecule has 164 valence electrons. The largest absolute Gasteiger partial charge is 0.460 e. The summed E-state index contributed by atoms with van der Waals surface area (Å²) in [4.78, 5) is 0. The second-order valence-electron chi connectivity index (χ2n) is 5.55. The summed E-state index contributed by atoms with van der Waals surface area (Å²) in [6.45, 7) is -0.943. The van der Waals surface area contributed by atoms with E-state index in [2.05, 4.69) is 0 Å². The molecule has 0 spiro atoms. The highest BCUT2D eigenvalue weighted by Crippen LogP contribution is 2.54. The van der Waals surface area contributed by atoms with Crippen molar-refractivity contribution >= 4 is 16.1 Å². The first-order chi connectivity index (χ1) is 13.1. The van der Waals surface area contributed by atoms with Crippen molar-refractivity contribution in [3.05, 3.63) is 54.1 Å². The predicted octanol–water partition coefficient (Wildman–Crippen LogP) is 4.99. The number of sulfonamides is 1. The van der Waals surface area contributed by atoms with Crippen LogP contribution in [0.25, 0.3) is 6.08 Å². The molecule has 0 aliphatic heterocycles. The second kappa shape index (κ2) is 8.78. The summed E-state index contributed by atoms with van der Waals surface area (Å²) in [5, 5.41) is -6.73. The first-order valence-corrected chi connectivity index (χ1v) is 9.14. The van der Waals surface area contributed by atoms with Crippen molar-refractivity contribution < 1.29 is 47.9 Å². The molecular formula is C16H14F9NO2S. The zero-order valence-electron chi connectivity index (χ0n) is 14.2. The van der Waals surface area contributed by atoms with Crippen molar-refractivity contribution in [2.24, 2.45) is 0 Å². The van der Waals surface area contributed by atoms with Gasteiger partial charge in [-0.25, -0.2) is 13.1 Å². The third-order valence-electron chi connectivity index (χ3n) is 3.39. The van der Waals surface area contributed by atoms with Gasteiger partial charge in [0.05, 0.1) is 0 Å². The standard InChI is InChI=1S/C16H14F9NO2S/c17-13(18,15(21,22)23)14(19,20)16(24,25)29(27,28)26-11-7-2-1-4-8-12-9-5-3-6-10-12/h1-6,8-10,26H,7,11H2/b2-1+,8-4+. The normalized spacial score (nSPS) is 14.8. The minimum absolute atomic E-state index is 0.338. The molecule has 0 fully saturated rings. The van der Waals surface area contributed by atoms with Gasteiger partial charge in [0, 0.05) is 6.54 Å². The van der Waals surface area contributed by atoms with Gasteiger partial charge in [0.1, 0.15) is 0 Å². The minimum atomic E-state index is -7.28. The second-order valence-corrected chi connectivity index (χ2v) is 7.36. The number of alkyl halides is 9. The molecular weight excluding hydrogens is 441 g/mol. The smallest absolute Gasteiger partial charge is 0.209 e. The molecule has 0 heterocycles. The number of halogens is 9. The first-order valence-electron chi connectivity index (χ1n) is 7.65. The van der Waals surface area contributed by atoms with E-state index in [0.717, 1.165) is 10.3 Å². The van der Waals surface area contributed by atoms with E-state index in [4.69, 9.17) is 0 Å². The van der Waals surface area contributed by atoms with Crippen molar-refractivity contribution in [3.63, 3.8) is 0 Å². The Labute approximate surface area is 160 Å². The highest BCUT2D eigenvalue weighted by molar-refractivity contribution is 7.90. The molecule has 0 atom stereocenters. The topological polar surface area (TPSA) is 46.2 Å². The lowest BCUT2D eigenvalue weighted by Gasteiger charge is -2.33. The van der Waals surface area contributed by atoms with Gasteiger partial charge >= 0.3 is 23.3 Å². The molecule has 0 aliphatic rings. The molecule has 0 aliphatic carbocycles.